The summed E-state index contributed by atoms with van der Waals surface area (Å²) in [5, 5.41) is 8.86. The molecular formula is C14H19BrN2O2. The molecule has 0 radical (unpaired) electrons. The Morgan fingerprint density at radius 2 is 2.05 bits per heavy atom. The van der Waals surface area contributed by atoms with E-state index in [9.17, 15) is 4.79 Å². The third-order valence-corrected chi connectivity index (χ3v) is 4.17. The van der Waals surface area contributed by atoms with E-state index in [4.69, 9.17) is 5.11 Å². The molecule has 1 aromatic carbocycles. The van der Waals surface area contributed by atoms with Crippen LogP contribution in [0.25, 0.3) is 0 Å². The van der Waals surface area contributed by atoms with Gasteiger partial charge < -0.3 is 10.0 Å². The van der Waals surface area contributed by atoms with E-state index in [0.717, 1.165) is 17.6 Å². The minimum absolute atomic E-state index is 0.172. The quantitative estimate of drug-likeness (QED) is 0.918. The Labute approximate surface area is 122 Å². The van der Waals surface area contributed by atoms with Gasteiger partial charge in [-0.3, -0.25) is 9.69 Å². The first-order valence-corrected chi connectivity index (χ1v) is 7.29. The molecule has 19 heavy (non-hydrogen) atoms. The van der Waals surface area contributed by atoms with E-state index in [-0.39, 0.29) is 12.5 Å². The lowest BCUT2D eigenvalue weighted by atomic mass is 10.1. The minimum Gasteiger partial charge on any atom is -0.387 e. The Morgan fingerprint density at radius 1 is 1.37 bits per heavy atom. The van der Waals surface area contributed by atoms with Crippen LogP contribution in [0.15, 0.2) is 28.7 Å². The van der Waals surface area contributed by atoms with E-state index in [2.05, 4.69) is 39.9 Å². The Balaban J connectivity index is 1.96. The average molecular weight is 327 g/mol. The summed E-state index contributed by atoms with van der Waals surface area (Å²) >= 11 is 3.49. The summed E-state index contributed by atoms with van der Waals surface area (Å²) in [6.07, 6.45) is 0. The van der Waals surface area contributed by atoms with Gasteiger partial charge >= 0.3 is 0 Å². The zero-order valence-electron chi connectivity index (χ0n) is 11.1. The van der Waals surface area contributed by atoms with Crippen molar-refractivity contribution in [3.05, 3.63) is 34.3 Å². The molecule has 5 heteroatoms. The van der Waals surface area contributed by atoms with E-state index in [1.165, 1.54) is 5.56 Å². The van der Waals surface area contributed by atoms with Gasteiger partial charge in [0.15, 0.2) is 0 Å². The van der Waals surface area contributed by atoms with Crippen LogP contribution in [0.2, 0.25) is 0 Å². The van der Waals surface area contributed by atoms with Gasteiger partial charge in [-0.25, -0.2) is 0 Å². The molecule has 4 nitrogen and oxygen atoms in total. The smallest absolute Gasteiger partial charge is 0.248 e. The first-order chi connectivity index (χ1) is 9.11. The Kier molecular flexibility index (Phi) is 4.96. The van der Waals surface area contributed by atoms with Gasteiger partial charge in [0.25, 0.3) is 0 Å². The molecule has 1 atom stereocenters. The summed E-state index contributed by atoms with van der Waals surface area (Å²) in [6.45, 7) is 4.88. The first-order valence-electron chi connectivity index (χ1n) is 6.50. The van der Waals surface area contributed by atoms with Gasteiger partial charge in [-0.05, 0) is 24.6 Å². The molecule has 104 valence electrons. The van der Waals surface area contributed by atoms with Crippen molar-refractivity contribution in [2.24, 2.45) is 0 Å². The van der Waals surface area contributed by atoms with Gasteiger partial charge in [0.1, 0.15) is 6.61 Å². The molecule has 0 bridgehead atoms. The van der Waals surface area contributed by atoms with Crippen molar-refractivity contribution in [3.8, 4) is 0 Å². The van der Waals surface area contributed by atoms with Crippen molar-refractivity contribution >= 4 is 21.8 Å². The molecule has 1 amide bonds. The molecule has 0 aromatic heterocycles. The topological polar surface area (TPSA) is 43.8 Å². The van der Waals surface area contributed by atoms with Gasteiger partial charge in [0, 0.05) is 36.7 Å². The second-order valence-electron chi connectivity index (χ2n) is 4.81. The van der Waals surface area contributed by atoms with Crippen molar-refractivity contribution in [1.82, 2.24) is 9.80 Å². The Bertz CT molecular complexity index is 445. The Morgan fingerprint density at radius 3 is 2.63 bits per heavy atom. The van der Waals surface area contributed by atoms with E-state index in [1.54, 1.807) is 4.90 Å². The molecule has 1 heterocycles. The summed E-state index contributed by atoms with van der Waals surface area (Å²) in [4.78, 5) is 15.5. The molecule has 0 aliphatic carbocycles. The number of nitrogens with zero attached hydrogens (tertiary/aromatic N) is 2. The van der Waals surface area contributed by atoms with Crippen LogP contribution in [-0.4, -0.2) is 53.6 Å². The molecule has 1 aliphatic rings. The largest absolute Gasteiger partial charge is 0.387 e. The Hall–Kier alpha value is -0.910. The summed E-state index contributed by atoms with van der Waals surface area (Å²) < 4.78 is 1.09. The first kappa shape index (κ1) is 14.5. The van der Waals surface area contributed by atoms with Crippen LogP contribution in [0.5, 0.6) is 0 Å². The van der Waals surface area contributed by atoms with Crippen molar-refractivity contribution in [2.75, 3.05) is 32.8 Å². The molecule has 2 rings (SSSR count). The fourth-order valence-electron chi connectivity index (χ4n) is 2.44. The zero-order chi connectivity index (χ0) is 13.8. The van der Waals surface area contributed by atoms with Crippen LogP contribution in [0.4, 0.5) is 0 Å². The SMILES string of the molecule is CC(c1cccc(Br)c1)N1CCN(C(=O)CO)CC1. The van der Waals surface area contributed by atoms with Crippen LogP contribution in [-0.2, 0) is 4.79 Å². The predicted octanol–water partition coefficient (Wildman–Crippen LogP) is 1.65. The van der Waals surface area contributed by atoms with E-state index in [0.29, 0.717) is 19.1 Å². The standard InChI is InChI=1S/C14H19BrN2O2/c1-11(12-3-2-4-13(15)9-12)16-5-7-17(8-6-16)14(19)10-18/h2-4,9,11,18H,5-8,10H2,1H3. The number of hydrogen-bond donors (Lipinski definition) is 1. The second-order valence-corrected chi connectivity index (χ2v) is 5.72. The lowest BCUT2D eigenvalue weighted by molar-refractivity contribution is -0.136. The number of benzene rings is 1. The maximum absolute atomic E-state index is 11.4. The highest BCUT2D eigenvalue weighted by Crippen LogP contribution is 2.24. The van der Waals surface area contributed by atoms with Gasteiger partial charge in [0.05, 0.1) is 0 Å². The molecule has 1 saturated heterocycles. The van der Waals surface area contributed by atoms with Crippen LogP contribution in [0.3, 0.4) is 0 Å². The van der Waals surface area contributed by atoms with Crippen molar-refractivity contribution in [1.29, 1.82) is 0 Å². The number of hydrogen-bond acceptors (Lipinski definition) is 3. The van der Waals surface area contributed by atoms with Gasteiger partial charge in [-0.2, -0.15) is 0 Å². The van der Waals surface area contributed by atoms with E-state index in [1.807, 2.05) is 12.1 Å². The molecule has 1 aliphatic heterocycles. The van der Waals surface area contributed by atoms with Gasteiger partial charge in [-0.15, -0.1) is 0 Å². The highest BCUT2D eigenvalue weighted by molar-refractivity contribution is 9.10. The summed E-state index contributed by atoms with van der Waals surface area (Å²) in [7, 11) is 0. The summed E-state index contributed by atoms with van der Waals surface area (Å²) in [5.41, 5.74) is 1.27. The number of rotatable bonds is 3. The average Bonchev–Trinajstić information content (AvgIpc) is 2.46. The highest BCUT2D eigenvalue weighted by Gasteiger charge is 2.24. The van der Waals surface area contributed by atoms with Crippen LogP contribution < -0.4 is 0 Å². The fraction of sp³-hybridized carbons (Fsp3) is 0.500. The number of carbonyl (C=O) groups is 1. The third kappa shape index (κ3) is 3.55. The fourth-order valence-corrected chi connectivity index (χ4v) is 2.85. The number of piperazine rings is 1. The molecule has 0 spiro atoms. The maximum Gasteiger partial charge on any atom is 0.248 e. The second kappa shape index (κ2) is 6.50. The minimum atomic E-state index is -0.388. The van der Waals surface area contributed by atoms with Crippen molar-refractivity contribution in [3.63, 3.8) is 0 Å². The summed E-state index contributed by atoms with van der Waals surface area (Å²) in [6, 6.07) is 8.66. The molecule has 1 aromatic rings. The number of aliphatic hydroxyl groups excluding tert-OH is 1. The van der Waals surface area contributed by atoms with Crippen LogP contribution in [0.1, 0.15) is 18.5 Å². The molecule has 0 saturated carbocycles. The number of amides is 1. The monoisotopic (exact) mass is 326 g/mol. The summed E-state index contributed by atoms with van der Waals surface area (Å²) in [5.74, 6) is -0.172. The number of carbonyl (C=O) groups excluding carboxylic acids is 1. The van der Waals surface area contributed by atoms with Gasteiger partial charge in [-0.1, -0.05) is 28.1 Å². The van der Waals surface area contributed by atoms with E-state index >= 15 is 0 Å². The molecule has 1 fully saturated rings. The van der Waals surface area contributed by atoms with Crippen molar-refractivity contribution < 1.29 is 9.90 Å². The number of halogens is 1. The lowest BCUT2D eigenvalue weighted by Gasteiger charge is -2.38. The molecule has 1 unspecified atom stereocenters. The van der Waals surface area contributed by atoms with Crippen LogP contribution >= 0.6 is 15.9 Å². The lowest BCUT2D eigenvalue weighted by Crippen LogP contribution is -2.50. The third-order valence-electron chi connectivity index (χ3n) is 3.68. The maximum atomic E-state index is 11.4. The number of aliphatic hydroxyl groups is 1. The van der Waals surface area contributed by atoms with Crippen molar-refractivity contribution in [2.45, 2.75) is 13.0 Å². The van der Waals surface area contributed by atoms with Gasteiger partial charge in [0.2, 0.25) is 5.91 Å². The van der Waals surface area contributed by atoms with E-state index < -0.39 is 0 Å². The normalized spacial score (nSPS) is 18.4. The molecule has 1 N–H and O–H groups in total. The highest BCUT2D eigenvalue weighted by atomic mass is 79.9. The van der Waals surface area contributed by atoms with Crippen LogP contribution in [0, 0.1) is 0 Å². The zero-order valence-corrected chi connectivity index (χ0v) is 12.6. The molecular weight excluding hydrogens is 308 g/mol. The predicted molar refractivity (Wildman–Crippen MR) is 77.8 cm³/mol.